The topological polar surface area (TPSA) is 12.5 Å². The molecule has 0 bridgehead atoms. The second-order valence-electron chi connectivity index (χ2n) is 0.955. The molecular weight excluding hydrogens is 75.0 g/mol. The molecule has 2 heteroatoms. The van der Waals surface area contributed by atoms with E-state index in [1.54, 1.807) is 0 Å². The van der Waals surface area contributed by atoms with Crippen LogP contribution in [0.5, 0.6) is 0 Å². The molecule has 1 aliphatic rings. The summed E-state index contributed by atoms with van der Waals surface area (Å²) in [6.07, 6.45) is 0.333. The molecule has 1 unspecified atom stereocenters. The predicted molar refractivity (Wildman–Crippen MR) is 15.1 cm³/mol. The zero-order valence-corrected chi connectivity index (χ0v) is 5.40. The van der Waals surface area contributed by atoms with Crippen molar-refractivity contribution in [1.82, 2.24) is 0 Å². The fourth-order valence-electron chi connectivity index (χ4n) is 0.0680. The molecule has 0 spiro atoms. The van der Waals surface area contributed by atoms with Crippen molar-refractivity contribution in [3.8, 4) is 0 Å². The van der Waals surface area contributed by atoms with Crippen molar-refractivity contribution >= 4 is 0 Å². The molecule has 0 aromatic carbocycles. The van der Waals surface area contributed by atoms with Crippen LogP contribution in [0.2, 0.25) is 0 Å². The Bertz CT molecular complexity index is 26.1. The fourth-order valence-corrected chi connectivity index (χ4v) is 0.0680. The Kier molecular flexibility index (Phi) is 2.61. The Hall–Kier alpha value is 0.960. The van der Waals surface area contributed by atoms with E-state index in [0.29, 0.717) is 6.10 Å². The quantitative estimate of drug-likeness (QED) is 0.174. The molecule has 1 atom stereocenters. The van der Waals surface area contributed by atoms with Crippen molar-refractivity contribution in [3.05, 3.63) is 6.92 Å². The van der Waals surface area contributed by atoms with Crippen molar-refractivity contribution in [3.63, 3.8) is 0 Å². The molecule has 0 radical (unpaired) electrons. The Balaban J connectivity index is 0.000000160. The third-order valence-corrected chi connectivity index (χ3v) is 0.402. The van der Waals surface area contributed by atoms with Gasteiger partial charge in [-0.2, -0.15) is 0 Å². The molecule has 1 saturated heterocycles. The summed E-state index contributed by atoms with van der Waals surface area (Å²) in [6, 6.07) is 0. The average Bonchev–Trinajstić information content (AvgIpc) is 1.75. The van der Waals surface area contributed by atoms with Gasteiger partial charge in [0.05, 0.1) is 0 Å². The first kappa shape index (κ1) is 5.96. The second kappa shape index (κ2) is 2.19. The minimum Gasteiger partial charge on any atom is -0.408 e. The molecule has 1 aliphatic heterocycles. The van der Waals surface area contributed by atoms with Gasteiger partial charge in [0.25, 0.3) is 0 Å². The Labute approximate surface area is 54.0 Å². The van der Waals surface area contributed by atoms with Gasteiger partial charge in [-0.3, -0.25) is 0 Å². The second-order valence-corrected chi connectivity index (χ2v) is 0.955. The first-order valence-electron chi connectivity index (χ1n) is 1.34. The normalized spacial score (nSPS) is 31.8. The van der Waals surface area contributed by atoms with Crippen LogP contribution in [0.4, 0.5) is 0 Å². The maximum atomic E-state index is 4.60. The van der Waals surface area contributed by atoms with Crippen molar-refractivity contribution in [1.29, 1.82) is 0 Å². The van der Waals surface area contributed by atoms with Crippen LogP contribution in [0.15, 0.2) is 0 Å². The molecular formula is C3H5NaO. The van der Waals surface area contributed by atoms with E-state index in [2.05, 4.69) is 11.7 Å². The van der Waals surface area contributed by atoms with Crippen molar-refractivity contribution in [2.75, 3.05) is 6.61 Å². The summed E-state index contributed by atoms with van der Waals surface area (Å²) in [6.45, 7) is 4.40. The predicted octanol–water partition coefficient (Wildman–Crippen LogP) is -2.78. The molecule has 1 heterocycles. The third kappa shape index (κ3) is 2.77. The number of ether oxygens (including phenoxy) is 1. The van der Waals surface area contributed by atoms with Gasteiger partial charge >= 0.3 is 29.6 Å². The summed E-state index contributed by atoms with van der Waals surface area (Å²) in [5, 5.41) is 0. The van der Waals surface area contributed by atoms with E-state index in [9.17, 15) is 0 Å². The summed E-state index contributed by atoms with van der Waals surface area (Å²) < 4.78 is 4.60. The average molecular weight is 80.1 g/mol. The standard InChI is InChI=1S/C3H5O.Na/c1-3-2-4-3;/h3H,1-2H2;/q-1;+1. The van der Waals surface area contributed by atoms with Gasteiger partial charge in [-0.05, 0) is 6.10 Å². The minimum absolute atomic E-state index is 0. The van der Waals surface area contributed by atoms with Crippen LogP contribution in [0.1, 0.15) is 0 Å². The summed E-state index contributed by atoms with van der Waals surface area (Å²) in [5.41, 5.74) is 0. The summed E-state index contributed by atoms with van der Waals surface area (Å²) >= 11 is 0. The van der Waals surface area contributed by atoms with Crippen LogP contribution in [0.25, 0.3) is 0 Å². The maximum Gasteiger partial charge on any atom is 1.00 e. The molecule has 0 amide bonds. The van der Waals surface area contributed by atoms with Gasteiger partial charge in [-0.15, -0.1) is 0 Å². The van der Waals surface area contributed by atoms with E-state index < -0.39 is 0 Å². The first-order chi connectivity index (χ1) is 1.89. The Morgan fingerprint density at radius 2 is 2.00 bits per heavy atom. The number of rotatable bonds is 0. The summed E-state index contributed by atoms with van der Waals surface area (Å²) in [4.78, 5) is 0. The molecule has 0 aromatic heterocycles. The van der Waals surface area contributed by atoms with Crippen LogP contribution < -0.4 is 29.6 Å². The molecule has 0 aliphatic carbocycles. The van der Waals surface area contributed by atoms with Crippen LogP contribution in [0, 0.1) is 6.92 Å². The van der Waals surface area contributed by atoms with E-state index in [-0.39, 0.29) is 29.6 Å². The van der Waals surface area contributed by atoms with E-state index in [4.69, 9.17) is 0 Å². The largest absolute Gasteiger partial charge is 1.00 e. The van der Waals surface area contributed by atoms with Gasteiger partial charge in [0, 0.05) is 6.61 Å². The van der Waals surface area contributed by atoms with Crippen molar-refractivity contribution in [2.45, 2.75) is 6.10 Å². The molecule has 0 aromatic rings. The summed E-state index contributed by atoms with van der Waals surface area (Å²) in [5.74, 6) is 0. The number of hydrogen-bond acceptors (Lipinski definition) is 1. The minimum atomic E-state index is 0. The number of epoxide rings is 1. The van der Waals surface area contributed by atoms with Gasteiger partial charge in [-0.25, -0.2) is 0 Å². The van der Waals surface area contributed by atoms with E-state index >= 15 is 0 Å². The zero-order chi connectivity index (χ0) is 2.99. The van der Waals surface area contributed by atoms with Crippen LogP contribution >= 0.6 is 0 Å². The maximum absolute atomic E-state index is 4.60. The van der Waals surface area contributed by atoms with Crippen LogP contribution in [-0.2, 0) is 4.74 Å². The Morgan fingerprint density at radius 3 is 2.00 bits per heavy atom. The smallest absolute Gasteiger partial charge is 0.408 e. The fraction of sp³-hybridized carbons (Fsp3) is 0.667. The molecule has 24 valence electrons. The van der Waals surface area contributed by atoms with Gasteiger partial charge in [-0.1, -0.05) is 0 Å². The molecule has 0 N–H and O–H groups in total. The molecule has 5 heavy (non-hydrogen) atoms. The molecule has 0 saturated carbocycles. The van der Waals surface area contributed by atoms with Crippen molar-refractivity contribution < 1.29 is 34.3 Å². The van der Waals surface area contributed by atoms with Crippen LogP contribution in [0.3, 0.4) is 0 Å². The van der Waals surface area contributed by atoms with Gasteiger partial charge in [0.2, 0.25) is 0 Å². The van der Waals surface area contributed by atoms with E-state index in [1.165, 1.54) is 0 Å². The zero-order valence-electron chi connectivity index (χ0n) is 3.40. The van der Waals surface area contributed by atoms with E-state index in [1.807, 2.05) is 0 Å². The van der Waals surface area contributed by atoms with Crippen LogP contribution in [-0.4, -0.2) is 12.7 Å². The molecule has 1 rings (SSSR count). The van der Waals surface area contributed by atoms with Gasteiger partial charge in [0.15, 0.2) is 0 Å². The number of hydrogen-bond donors (Lipinski definition) is 0. The van der Waals surface area contributed by atoms with Crippen molar-refractivity contribution in [2.24, 2.45) is 0 Å². The first-order valence-corrected chi connectivity index (χ1v) is 1.34. The Morgan fingerprint density at radius 1 is 1.80 bits per heavy atom. The van der Waals surface area contributed by atoms with Gasteiger partial charge < -0.3 is 11.7 Å². The monoisotopic (exact) mass is 80.0 g/mol. The van der Waals surface area contributed by atoms with E-state index in [0.717, 1.165) is 6.61 Å². The van der Waals surface area contributed by atoms with Gasteiger partial charge in [0.1, 0.15) is 0 Å². The molecule has 1 fully saturated rings. The SMILES string of the molecule is [CH2-]C1CO1.[Na+]. The molecule has 1 nitrogen and oxygen atoms in total. The summed E-state index contributed by atoms with van der Waals surface area (Å²) in [7, 11) is 0. The third-order valence-electron chi connectivity index (χ3n) is 0.402.